The lowest BCUT2D eigenvalue weighted by Gasteiger charge is -2.28. The van der Waals surface area contributed by atoms with Gasteiger partial charge in [-0.25, -0.2) is 9.37 Å². The predicted octanol–water partition coefficient (Wildman–Crippen LogP) is 5.51. The van der Waals surface area contributed by atoms with Gasteiger partial charge in [-0.3, -0.25) is 4.98 Å². The van der Waals surface area contributed by atoms with E-state index in [-0.39, 0.29) is 17.9 Å². The van der Waals surface area contributed by atoms with E-state index in [0.29, 0.717) is 5.11 Å². The molecule has 1 aliphatic rings. The molecule has 0 amide bonds. The fourth-order valence-electron chi connectivity index (χ4n) is 4.58. The zero-order valence-electron chi connectivity index (χ0n) is 18.7. The molecule has 1 aromatic carbocycles. The van der Waals surface area contributed by atoms with E-state index in [1.165, 1.54) is 12.1 Å². The molecule has 0 unspecified atom stereocenters. The number of aryl methyl sites for hydroxylation is 2. The number of anilines is 1. The monoisotopic (exact) mass is 457 g/mol. The van der Waals surface area contributed by atoms with Crippen LogP contribution in [-0.2, 0) is 0 Å². The van der Waals surface area contributed by atoms with E-state index >= 15 is 0 Å². The van der Waals surface area contributed by atoms with E-state index in [4.69, 9.17) is 12.2 Å². The molecule has 4 aromatic rings. The smallest absolute Gasteiger partial charge is 0.174 e. The lowest BCUT2D eigenvalue weighted by Crippen LogP contribution is -2.29. The summed E-state index contributed by atoms with van der Waals surface area (Å²) in [7, 11) is 0. The lowest BCUT2D eigenvalue weighted by atomic mass is 9.96. The van der Waals surface area contributed by atoms with Gasteiger partial charge in [0.2, 0.25) is 0 Å². The highest BCUT2D eigenvalue weighted by atomic mass is 32.1. The molecule has 0 aliphatic carbocycles. The second-order valence-electron chi connectivity index (χ2n) is 8.33. The van der Waals surface area contributed by atoms with Gasteiger partial charge in [-0.1, -0.05) is 12.1 Å². The quantitative estimate of drug-likeness (QED) is 0.410. The van der Waals surface area contributed by atoms with Gasteiger partial charge in [0, 0.05) is 29.5 Å². The standard InChI is InChI=1S/C26H24FN5S/c1-16-7-12-23(29-15-16)31-17(2)14-21(18(31)3)25-24(22-6-4-5-13-28-22)30-26(33)32(25)20-10-8-19(27)9-11-20/h4-15,24-25H,1-3H3,(H,30,33)/t24-,25-/m1/s1. The number of thiocarbonyl (C=S) groups is 1. The molecule has 33 heavy (non-hydrogen) atoms. The van der Waals surface area contributed by atoms with Crippen LogP contribution in [0, 0.1) is 26.6 Å². The van der Waals surface area contributed by atoms with E-state index in [2.05, 4.69) is 50.7 Å². The minimum atomic E-state index is -0.279. The maximum Gasteiger partial charge on any atom is 0.174 e. The first kappa shape index (κ1) is 21.3. The number of benzene rings is 1. The third-order valence-corrected chi connectivity index (χ3v) is 6.43. The fourth-order valence-corrected chi connectivity index (χ4v) is 4.93. The van der Waals surface area contributed by atoms with Crippen LogP contribution in [0.2, 0.25) is 0 Å². The summed E-state index contributed by atoms with van der Waals surface area (Å²) < 4.78 is 15.8. The van der Waals surface area contributed by atoms with Crippen molar-refractivity contribution < 1.29 is 4.39 Å². The first-order valence-corrected chi connectivity index (χ1v) is 11.2. The van der Waals surface area contributed by atoms with Crippen LogP contribution in [0.1, 0.15) is 40.3 Å². The number of nitrogens with one attached hydrogen (secondary N) is 1. The van der Waals surface area contributed by atoms with Gasteiger partial charge in [-0.2, -0.15) is 0 Å². The molecule has 3 aromatic heterocycles. The summed E-state index contributed by atoms with van der Waals surface area (Å²) in [6, 6.07) is 18.3. The minimum Gasteiger partial charge on any atom is -0.351 e. The van der Waals surface area contributed by atoms with E-state index in [9.17, 15) is 4.39 Å². The molecule has 5 rings (SSSR count). The van der Waals surface area contributed by atoms with Crippen molar-refractivity contribution in [3.05, 3.63) is 107 Å². The van der Waals surface area contributed by atoms with Crippen LogP contribution in [0.4, 0.5) is 10.1 Å². The van der Waals surface area contributed by atoms with Crippen LogP contribution >= 0.6 is 12.2 Å². The van der Waals surface area contributed by atoms with Gasteiger partial charge in [-0.05, 0) is 92.6 Å². The molecule has 7 heteroatoms. The van der Waals surface area contributed by atoms with Gasteiger partial charge in [0.25, 0.3) is 0 Å². The van der Waals surface area contributed by atoms with Gasteiger partial charge in [0.05, 0.1) is 17.8 Å². The van der Waals surface area contributed by atoms with Gasteiger partial charge < -0.3 is 14.8 Å². The first-order valence-electron chi connectivity index (χ1n) is 10.8. The summed E-state index contributed by atoms with van der Waals surface area (Å²) in [5, 5.41) is 4.05. The molecule has 2 atom stereocenters. The molecular weight excluding hydrogens is 433 g/mol. The lowest BCUT2D eigenvalue weighted by molar-refractivity contribution is 0.565. The Balaban J connectivity index is 1.67. The van der Waals surface area contributed by atoms with Crippen molar-refractivity contribution >= 4 is 23.0 Å². The Morgan fingerprint density at radius 3 is 2.42 bits per heavy atom. The number of rotatable bonds is 4. The van der Waals surface area contributed by atoms with Crippen LogP contribution in [-0.4, -0.2) is 19.6 Å². The molecule has 0 saturated carbocycles. The summed E-state index contributed by atoms with van der Waals surface area (Å²) in [6.45, 7) is 6.21. The van der Waals surface area contributed by atoms with Crippen molar-refractivity contribution in [2.45, 2.75) is 32.9 Å². The summed E-state index contributed by atoms with van der Waals surface area (Å²) in [4.78, 5) is 11.3. The summed E-state index contributed by atoms with van der Waals surface area (Å²) in [5.74, 6) is 0.594. The molecule has 4 heterocycles. The Hall–Kier alpha value is -3.58. The van der Waals surface area contributed by atoms with Crippen LogP contribution < -0.4 is 10.2 Å². The topological polar surface area (TPSA) is 46.0 Å². The molecule has 0 bridgehead atoms. The Kier molecular flexibility index (Phi) is 5.42. The third-order valence-electron chi connectivity index (χ3n) is 6.12. The normalized spacial score (nSPS) is 17.9. The Morgan fingerprint density at radius 1 is 0.970 bits per heavy atom. The van der Waals surface area contributed by atoms with E-state index in [0.717, 1.165) is 39.7 Å². The highest BCUT2D eigenvalue weighted by molar-refractivity contribution is 7.80. The largest absolute Gasteiger partial charge is 0.351 e. The zero-order chi connectivity index (χ0) is 23.1. The van der Waals surface area contributed by atoms with Crippen LogP contribution in [0.3, 0.4) is 0 Å². The van der Waals surface area contributed by atoms with Crippen molar-refractivity contribution in [1.29, 1.82) is 0 Å². The number of aromatic nitrogens is 3. The molecular formula is C26H24FN5S. The van der Waals surface area contributed by atoms with E-state index in [1.54, 1.807) is 18.3 Å². The minimum absolute atomic E-state index is 0.163. The predicted molar refractivity (Wildman–Crippen MR) is 132 cm³/mol. The molecule has 0 radical (unpaired) electrons. The summed E-state index contributed by atoms with van der Waals surface area (Å²) in [5.41, 5.74) is 6.11. The number of hydrogen-bond acceptors (Lipinski definition) is 3. The van der Waals surface area contributed by atoms with Crippen molar-refractivity contribution in [1.82, 2.24) is 19.9 Å². The van der Waals surface area contributed by atoms with Gasteiger partial charge in [0.15, 0.2) is 5.11 Å². The average Bonchev–Trinajstić information content (AvgIpc) is 3.31. The highest BCUT2D eigenvalue weighted by Crippen LogP contribution is 2.43. The first-order chi connectivity index (χ1) is 15.9. The summed E-state index contributed by atoms with van der Waals surface area (Å²) in [6.07, 6.45) is 3.67. The Morgan fingerprint density at radius 2 is 1.76 bits per heavy atom. The third kappa shape index (κ3) is 3.78. The highest BCUT2D eigenvalue weighted by Gasteiger charge is 2.42. The maximum absolute atomic E-state index is 13.7. The molecule has 1 N–H and O–H groups in total. The molecule has 0 spiro atoms. The summed E-state index contributed by atoms with van der Waals surface area (Å²) >= 11 is 5.77. The number of halogens is 1. The van der Waals surface area contributed by atoms with E-state index in [1.807, 2.05) is 37.4 Å². The van der Waals surface area contributed by atoms with Crippen molar-refractivity contribution in [2.75, 3.05) is 4.90 Å². The van der Waals surface area contributed by atoms with Gasteiger partial charge in [0.1, 0.15) is 11.6 Å². The molecule has 1 saturated heterocycles. The van der Waals surface area contributed by atoms with Crippen LogP contribution in [0.25, 0.3) is 5.82 Å². The second kappa shape index (κ2) is 8.41. The Bertz CT molecular complexity index is 1300. The number of hydrogen-bond donors (Lipinski definition) is 1. The molecule has 1 fully saturated rings. The van der Waals surface area contributed by atoms with E-state index < -0.39 is 0 Å². The van der Waals surface area contributed by atoms with Crippen LogP contribution in [0.5, 0.6) is 0 Å². The molecule has 1 aliphatic heterocycles. The number of pyridine rings is 2. The van der Waals surface area contributed by atoms with Crippen molar-refractivity contribution in [3.8, 4) is 5.82 Å². The van der Waals surface area contributed by atoms with Crippen molar-refractivity contribution in [2.24, 2.45) is 0 Å². The molecule has 5 nitrogen and oxygen atoms in total. The zero-order valence-corrected chi connectivity index (χ0v) is 19.5. The van der Waals surface area contributed by atoms with Crippen LogP contribution in [0.15, 0.2) is 73.1 Å². The molecule has 166 valence electrons. The second-order valence-corrected chi connectivity index (χ2v) is 8.72. The SMILES string of the molecule is Cc1ccc(-n2c(C)cc([C@@H]3[C@@H](c4ccccn4)NC(=S)N3c3ccc(F)cc3)c2C)nc1. The fraction of sp³-hybridized carbons (Fsp3) is 0.192. The van der Waals surface area contributed by atoms with Gasteiger partial charge in [-0.15, -0.1) is 0 Å². The Labute approximate surface area is 197 Å². The maximum atomic E-state index is 13.7. The van der Waals surface area contributed by atoms with Gasteiger partial charge >= 0.3 is 0 Å². The average molecular weight is 458 g/mol. The number of nitrogens with zero attached hydrogens (tertiary/aromatic N) is 4. The van der Waals surface area contributed by atoms with Crippen molar-refractivity contribution in [3.63, 3.8) is 0 Å².